The molecule has 0 amide bonds. The number of hydrogen-bond acceptors (Lipinski definition) is 3. The van der Waals surface area contributed by atoms with E-state index in [4.69, 9.17) is 9.47 Å². The van der Waals surface area contributed by atoms with Crippen LogP contribution in [0.1, 0.15) is 11.1 Å². The molecule has 0 spiro atoms. The average molecular weight is 206 g/mol. The average Bonchev–Trinajstić information content (AvgIpc) is 2.70. The number of esters is 1. The zero-order valence-corrected chi connectivity index (χ0v) is 8.95. The molecule has 2 rings (SSSR count). The van der Waals surface area contributed by atoms with E-state index in [2.05, 4.69) is 0 Å². The SMILES string of the molecule is COC(=O)[C@H]1Cc2ccc(OC)cc2C1. The molecule has 0 saturated carbocycles. The van der Waals surface area contributed by atoms with Crippen molar-refractivity contribution in [2.75, 3.05) is 14.2 Å². The summed E-state index contributed by atoms with van der Waals surface area (Å²) in [6, 6.07) is 5.95. The fourth-order valence-electron chi connectivity index (χ4n) is 2.05. The Morgan fingerprint density at radius 3 is 2.67 bits per heavy atom. The Morgan fingerprint density at radius 1 is 1.27 bits per heavy atom. The monoisotopic (exact) mass is 206 g/mol. The van der Waals surface area contributed by atoms with E-state index < -0.39 is 0 Å². The topological polar surface area (TPSA) is 35.5 Å². The number of fused-ring (bicyclic) bond motifs is 1. The molecule has 0 aromatic heterocycles. The van der Waals surface area contributed by atoms with Crippen LogP contribution in [0.4, 0.5) is 0 Å². The summed E-state index contributed by atoms with van der Waals surface area (Å²) in [5.41, 5.74) is 2.43. The summed E-state index contributed by atoms with van der Waals surface area (Å²) in [4.78, 5) is 11.4. The van der Waals surface area contributed by atoms with E-state index in [9.17, 15) is 4.79 Å². The Kier molecular flexibility index (Phi) is 2.62. The van der Waals surface area contributed by atoms with Gasteiger partial charge in [-0.05, 0) is 36.1 Å². The summed E-state index contributed by atoms with van der Waals surface area (Å²) >= 11 is 0. The lowest BCUT2D eigenvalue weighted by atomic mass is 10.1. The van der Waals surface area contributed by atoms with E-state index in [1.165, 1.54) is 18.2 Å². The number of carbonyl (C=O) groups excluding carboxylic acids is 1. The molecule has 0 fully saturated rings. The summed E-state index contributed by atoms with van der Waals surface area (Å²) in [5.74, 6) is 0.710. The number of benzene rings is 1. The van der Waals surface area contributed by atoms with E-state index in [1.807, 2.05) is 18.2 Å². The van der Waals surface area contributed by atoms with Gasteiger partial charge in [-0.2, -0.15) is 0 Å². The standard InChI is InChI=1S/C12H14O3/c1-14-11-4-3-8-5-10(12(13)15-2)6-9(8)7-11/h3-4,7,10H,5-6H2,1-2H3/t10-/m0/s1. The van der Waals surface area contributed by atoms with Crippen molar-refractivity contribution in [1.82, 2.24) is 0 Å². The lowest BCUT2D eigenvalue weighted by Gasteiger charge is -2.04. The van der Waals surface area contributed by atoms with Gasteiger partial charge in [0.05, 0.1) is 20.1 Å². The van der Waals surface area contributed by atoms with Crippen molar-refractivity contribution < 1.29 is 14.3 Å². The minimum absolute atomic E-state index is 0.0166. The van der Waals surface area contributed by atoms with Gasteiger partial charge in [0.25, 0.3) is 0 Å². The molecule has 3 heteroatoms. The Bertz CT molecular complexity index is 384. The van der Waals surface area contributed by atoms with Gasteiger partial charge in [0.15, 0.2) is 0 Å². The minimum atomic E-state index is -0.120. The molecule has 0 N–H and O–H groups in total. The molecule has 0 radical (unpaired) electrons. The van der Waals surface area contributed by atoms with Crippen LogP contribution in [0, 0.1) is 5.92 Å². The fraction of sp³-hybridized carbons (Fsp3) is 0.417. The normalized spacial score (nSPS) is 18.4. The van der Waals surface area contributed by atoms with Crippen molar-refractivity contribution in [3.63, 3.8) is 0 Å². The highest BCUT2D eigenvalue weighted by atomic mass is 16.5. The first-order chi connectivity index (χ1) is 7.24. The van der Waals surface area contributed by atoms with Crippen LogP contribution in [0.25, 0.3) is 0 Å². The summed E-state index contributed by atoms with van der Waals surface area (Å²) in [5, 5.41) is 0. The Morgan fingerprint density at radius 2 is 2.00 bits per heavy atom. The van der Waals surface area contributed by atoms with Crippen molar-refractivity contribution in [3.8, 4) is 5.75 Å². The number of ether oxygens (including phenoxy) is 2. The van der Waals surface area contributed by atoms with Gasteiger partial charge in [-0.1, -0.05) is 6.07 Å². The zero-order valence-electron chi connectivity index (χ0n) is 8.95. The Hall–Kier alpha value is -1.51. The second-order valence-electron chi connectivity index (χ2n) is 3.76. The first kappa shape index (κ1) is 10.0. The zero-order chi connectivity index (χ0) is 10.8. The molecule has 80 valence electrons. The van der Waals surface area contributed by atoms with E-state index >= 15 is 0 Å². The molecule has 1 aliphatic carbocycles. The molecule has 0 bridgehead atoms. The maximum atomic E-state index is 11.4. The van der Waals surface area contributed by atoms with Gasteiger partial charge in [-0.25, -0.2) is 0 Å². The number of hydrogen-bond donors (Lipinski definition) is 0. The van der Waals surface area contributed by atoms with Gasteiger partial charge in [-0.15, -0.1) is 0 Å². The third kappa shape index (κ3) is 1.82. The maximum Gasteiger partial charge on any atom is 0.309 e. The molecular weight excluding hydrogens is 192 g/mol. The highest BCUT2D eigenvalue weighted by molar-refractivity contribution is 5.74. The van der Waals surface area contributed by atoms with Gasteiger partial charge in [-0.3, -0.25) is 4.79 Å². The van der Waals surface area contributed by atoms with Crippen LogP contribution >= 0.6 is 0 Å². The van der Waals surface area contributed by atoms with Crippen LogP contribution in [0.5, 0.6) is 5.75 Å². The third-order valence-corrected chi connectivity index (χ3v) is 2.88. The van der Waals surface area contributed by atoms with Gasteiger partial charge in [0.1, 0.15) is 5.75 Å². The highest BCUT2D eigenvalue weighted by Crippen LogP contribution is 2.30. The lowest BCUT2D eigenvalue weighted by Crippen LogP contribution is -2.15. The Balaban J connectivity index is 2.20. The second-order valence-corrected chi connectivity index (χ2v) is 3.76. The smallest absolute Gasteiger partial charge is 0.309 e. The van der Waals surface area contributed by atoms with Gasteiger partial charge in [0, 0.05) is 0 Å². The van der Waals surface area contributed by atoms with E-state index in [0.29, 0.717) is 0 Å². The molecule has 1 atom stereocenters. The predicted molar refractivity (Wildman–Crippen MR) is 55.9 cm³/mol. The predicted octanol–water partition coefficient (Wildman–Crippen LogP) is 1.58. The van der Waals surface area contributed by atoms with Gasteiger partial charge >= 0.3 is 5.97 Å². The molecule has 1 aliphatic rings. The number of methoxy groups -OCH3 is 2. The van der Waals surface area contributed by atoms with Crippen LogP contribution in [0.3, 0.4) is 0 Å². The van der Waals surface area contributed by atoms with Gasteiger partial charge < -0.3 is 9.47 Å². The van der Waals surface area contributed by atoms with Crippen LogP contribution in [-0.4, -0.2) is 20.2 Å². The van der Waals surface area contributed by atoms with Crippen LogP contribution in [0.2, 0.25) is 0 Å². The highest BCUT2D eigenvalue weighted by Gasteiger charge is 2.28. The van der Waals surface area contributed by atoms with E-state index in [1.54, 1.807) is 7.11 Å². The molecular formula is C12H14O3. The second kappa shape index (κ2) is 3.93. The van der Waals surface area contributed by atoms with E-state index in [0.717, 1.165) is 18.6 Å². The molecule has 3 nitrogen and oxygen atoms in total. The first-order valence-corrected chi connectivity index (χ1v) is 4.98. The van der Waals surface area contributed by atoms with Gasteiger partial charge in [0.2, 0.25) is 0 Å². The minimum Gasteiger partial charge on any atom is -0.497 e. The fourth-order valence-corrected chi connectivity index (χ4v) is 2.05. The molecule has 0 unspecified atom stereocenters. The summed E-state index contributed by atoms with van der Waals surface area (Å²) in [6.45, 7) is 0. The van der Waals surface area contributed by atoms with Crippen molar-refractivity contribution >= 4 is 5.97 Å². The molecule has 1 aromatic carbocycles. The molecule has 1 aromatic rings. The van der Waals surface area contributed by atoms with Crippen LogP contribution in [0.15, 0.2) is 18.2 Å². The van der Waals surface area contributed by atoms with Crippen molar-refractivity contribution in [2.45, 2.75) is 12.8 Å². The molecule has 0 heterocycles. The molecule has 15 heavy (non-hydrogen) atoms. The van der Waals surface area contributed by atoms with Crippen LogP contribution < -0.4 is 4.74 Å². The first-order valence-electron chi connectivity index (χ1n) is 4.98. The van der Waals surface area contributed by atoms with E-state index in [-0.39, 0.29) is 11.9 Å². The lowest BCUT2D eigenvalue weighted by molar-refractivity contribution is -0.145. The largest absolute Gasteiger partial charge is 0.497 e. The number of rotatable bonds is 2. The van der Waals surface area contributed by atoms with Crippen molar-refractivity contribution in [1.29, 1.82) is 0 Å². The number of carbonyl (C=O) groups is 1. The maximum absolute atomic E-state index is 11.4. The molecule has 0 aliphatic heterocycles. The quantitative estimate of drug-likeness (QED) is 0.689. The summed E-state index contributed by atoms with van der Waals surface area (Å²) in [7, 11) is 3.08. The molecule has 0 saturated heterocycles. The van der Waals surface area contributed by atoms with Crippen molar-refractivity contribution in [3.05, 3.63) is 29.3 Å². The third-order valence-electron chi connectivity index (χ3n) is 2.88. The summed E-state index contributed by atoms with van der Waals surface area (Å²) in [6.07, 6.45) is 1.55. The summed E-state index contributed by atoms with van der Waals surface area (Å²) < 4.78 is 9.90. The van der Waals surface area contributed by atoms with Crippen LogP contribution in [-0.2, 0) is 22.4 Å². The Labute approximate surface area is 89.0 Å². The van der Waals surface area contributed by atoms with Crippen molar-refractivity contribution in [2.24, 2.45) is 5.92 Å².